The summed E-state index contributed by atoms with van der Waals surface area (Å²) in [6.07, 6.45) is 0. The zero-order chi connectivity index (χ0) is 15.8. The molecular weight excluding hydrogens is 296 g/mol. The Hall–Kier alpha value is -2.08. The van der Waals surface area contributed by atoms with Crippen LogP contribution in [0.4, 0.5) is 0 Å². The topological polar surface area (TPSA) is 75.7 Å². The quantitative estimate of drug-likeness (QED) is 0.798. The highest BCUT2D eigenvalue weighted by molar-refractivity contribution is 6.30. The van der Waals surface area contributed by atoms with Gasteiger partial charge in [0.05, 0.1) is 13.2 Å². The summed E-state index contributed by atoms with van der Waals surface area (Å²) >= 11 is 5.72. The van der Waals surface area contributed by atoms with Crippen molar-refractivity contribution >= 4 is 29.4 Å². The van der Waals surface area contributed by atoms with Crippen molar-refractivity contribution in [2.75, 3.05) is 26.7 Å². The van der Waals surface area contributed by atoms with Crippen LogP contribution in [0.3, 0.4) is 0 Å². The number of hydrogen-bond donors (Lipinski definition) is 1. The normalized spacial score (nSPS) is 9.86. The number of nitrogens with one attached hydrogen (secondary N) is 1. The van der Waals surface area contributed by atoms with Crippen LogP contribution in [0.25, 0.3) is 0 Å². The summed E-state index contributed by atoms with van der Waals surface area (Å²) < 4.78 is 4.74. The summed E-state index contributed by atoms with van der Waals surface area (Å²) in [6, 6.07) is 6.30. The third-order valence-corrected chi connectivity index (χ3v) is 2.86. The van der Waals surface area contributed by atoms with Gasteiger partial charge in [-0.15, -0.1) is 0 Å². The second-order valence-corrected chi connectivity index (χ2v) is 4.68. The Labute approximate surface area is 128 Å². The lowest BCUT2D eigenvalue weighted by molar-refractivity contribution is -0.147. The molecule has 114 valence electrons. The minimum absolute atomic E-state index is 0.149. The number of nitrogens with zero attached hydrogens (tertiary/aromatic N) is 1. The molecule has 0 aliphatic carbocycles. The Bertz CT molecular complexity index is 516. The molecule has 6 nitrogen and oxygen atoms in total. The largest absolute Gasteiger partial charge is 0.465 e. The standard InChI is InChI=1S/C14H17ClN2O4/c1-3-21-13(19)9-17(2)12(18)8-16-14(20)10-4-6-11(15)7-5-10/h4-7H,3,8-9H2,1-2H3,(H,16,20). The fourth-order valence-corrected chi connectivity index (χ4v) is 1.61. The number of halogens is 1. The molecule has 0 unspecified atom stereocenters. The highest BCUT2D eigenvalue weighted by Crippen LogP contribution is 2.09. The van der Waals surface area contributed by atoms with Gasteiger partial charge < -0.3 is 15.0 Å². The Morgan fingerprint density at radius 2 is 1.86 bits per heavy atom. The van der Waals surface area contributed by atoms with E-state index < -0.39 is 5.97 Å². The first kappa shape index (κ1) is 17.0. The molecule has 0 fully saturated rings. The summed E-state index contributed by atoms with van der Waals surface area (Å²) in [5, 5.41) is 3.00. The second-order valence-electron chi connectivity index (χ2n) is 4.24. The molecule has 0 aliphatic heterocycles. The summed E-state index contributed by atoms with van der Waals surface area (Å²) in [6.45, 7) is 1.60. The summed E-state index contributed by atoms with van der Waals surface area (Å²) in [5.41, 5.74) is 0.403. The molecule has 0 radical (unpaired) electrons. The minimum atomic E-state index is -0.489. The van der Waals surface area contributed by atoms with Gasteiger partial charge in [-0.2, -0.15) is 0 Å². The predicted molar refractivity (Wildman–Crippen MR) is 78.1 cm³/mol. The van der Waals surface area contributed by atoms with Crippen molar-refractivity contribution in [1.29, 1.82) is 0 Å². The smallest absolute Gasteiger partial charge is 0.325 e. The van der Waals surface area contributed by atoms with Gasteiger partial charge in [0.2, 0.25) is 5.91 Å². The lowest BCUT2D eigenvalue weighted by Crippen LogP contribution is -2.40. The lowest BCUT2D eigenvalue weighted by atomic mass is 10.2. The van der Waals surface area contributed by atoms with Crippen LogP contribution in [0.15, 0.2) is 24.3 Å². The molecule has 1 N–H and O–H groups in total. The van der Waals surface area contributed by atoms with E-state index in [1.54, 1.807) is 31.2 Å². The number of carbonyl (C=O) groups is 3. The van der Waals surface area contributed by atoms with Crippen molar-refractivity contribution in [2.24, 2.45) is 0 Å². The number of benzene rings is 1. The zero-order valence-electron chi connectivity index (χ0n) is 11.9. The molecule has 0 bridgehead atoms. The van der Waals surface area contributed by atoms with E-state index in [2.05, 4.69) is 5.32 Å². The Morgan fingerprint density at radius 1 is 1.24 bits per heavy atom. The van der Waals surface area contributed by atoms with E-state index in [0.29, 0.717) is 10.6 Å². The van der Waals surface area contributed by atoms with Crippen molar-refractivity contribution in [2.45, 2.75) is 6.92 Å². The van der Waals surface area contributed by atoms with Crippen molar-refractivity contribution in [3.8, 4) is 0 Å². The van der Waals surface area contributed by atoms with Crippen molar-refractivity contribution in [1.82, 2.24) is 10.2 Å². The van der Waals surface area contributed by atoms with E-state index in [4.69, 9.17) is 16.3 Å². The lowest BCUT2D eigenvalue weighted by Gasteiger charge is -2.16. The van der Waals surface area contributed by atoms with Crippen LogP contribution in [0.2, 0.25) is 5.02 Å². The van der Waals surface area contributed by atoms with Crippen molar-refractivity contribution in [3.63, 3.8) is 0 Å². The first-order valence-electron chi connectivity index (χ1n) is 6.37. The number of esters is 1. The average Bonchev–Trinajstić information content (AvgIpc) is 2.45. The monoisotopic (exact) mass is 312 g/mol. The molecule has 1 aromatic rings. The van der Waals surface area contributed by atoms with Gasteiger partial charge in [0.15, 0.2) is 0 Å². The molecule has 0 atom stereocenters. The van der Waals surface area contributed by atoms with E-state index in [1.165, 1.54) is 11.9 Å². The van der Waals surface area contributed by atoms with E-state index in [-0.39, 0.29) is 31.5 Å². The summed E-state index contributed by atoms with van der Waals surface area (Å²) in [4.78, 5) is 36.0. The fraction of sp³-hybridized carbons (Fsp3) is 0.357. The number of hydrogen-bond acceptors (Lipinski definition) is 4. The third kappa shape index (κ3) is 5.83. The highest BCUT2D eigenvalue weighted by atomic mass is 35.5. The zero-order valence-corrected chi connectivity index (χ0v) is 12.6. The van der Waals surface area contributed by atoms with Crippen molar-refractivity contribution < 1.29 is 19.1 Å². The van der Waals surface area contributed by atoms with E-state index in [1.807, 2.05) is 0 Å². The van der Waals surface area contributed by atoms with E-state index >= 15 is 0 Å². The van der Waals surface area contributed by atoms with Crippen LogP contribution >= 0.6 is 11.6 Å². The maximum absolute atomic E-state index is 11.8. The number of carbonyl (C=O) groups excluding carboxylic acids is 3. The Balaban J connectivity index is 2.43. The van der Waals surface area contributed by atoms with Gasteiger partial charge >= 0.3 is 5.97 Å². The van der Waals surface area contributed by atoms with Gasteiger partial charge in [-0.1, -0.05) is 11.6 Å². The number of ether oxygens (including phenoxy) is 1. The van der Waals surface area contributed by atoms with Crippen LogP contribution in [-0.4, -0.2) is 49.4 Å². The molecule has 2 amide bonds. The molecular formula is C14H17ClN2O4. The van der Waals surface area contributed by atoms with Crippen molar-refractivity contribution in [3.05, 3.63) is 34.9 Å². The van der Waals surface area contributed by atoms with Gasteiger partial charge in [-0.3, -0.25) is 14.4 Å². The van der Waals surface area contributed by atoms with Gasteiger partial charge in [0, 0.05) is 17.6 Å². The molecule has 7 heteroatoms. The SMILES string of the molecule is CCOC(=O)CN(C)C(=O)CNC(=O)c1ccc(Cl)cc1. The first-order valence-corrected chi connectivity index (χ1v) is 6.75. The maximum atomic E-state index is 11.8. The van der Waals surface area contributed by atoms with Crippen LogP contribution in [-0.2, 0) is 14.3 Å². The van der Waals surface area contributed by atoms with E-state index in [9.17, 15) is 14.4 Å². The molecule has 0 aromatic heterocycles. The minimum Gasteiger partial charge on any atom is -0.465 e. The van der Waals surface area contributed by atoms with Gasteiger partial charge in [0.25, 0.3) is 5.91 Å². The molecule has 0 saturated heterocycles. The maximum Gasteiger partial charge on any atom is 0.325 e. The third-order valence-electron chi connectivity index (χ3n) is 2.60. The van der Waals surface area contributed by atoms with Crippen LogP contribution in [0.5, 0.6) is 0 Å². The number of rotatable bonds is 6. The predicted octanol–water partition coefficient (Wildman–Crippen LogP) is 1.09. The Kier molecular flexibility index (Phi) is 6.68. The van der Waals surface area contributed by atoms with Crippen LogP contribution < -0.4 is 5.32 Å². The molecule has 0 heterocycles. The highest BCUT2D eigenvalue weighted by Gasteiger charge is 2.14. The molecule has 1 rings (SSSR count). The van der Waals surface area contributed by atoms with E-state index in [0.717, 1.165) is 0 Å². The molecule has 0 aliphatic rings. The number of likely N-dealkylation sites (N-methyl/N-ethyl adjacent to an activating group) is 1. The first-order chi connectivity index (χ1) is 9.93. The van der Waals surface area contributed by atoms with Gasteiger partial charge in [-0.05, 0) is 31.2 Å². The van der Waals surface area contributed by atoms with Crippen LogP contribution in [0, 0.1) is 0 Å². The second kappa shape index (κ2) is 8.26. The fourth-order valence-electron chi connectivity index (χ4n) is 1.48. The number of amides is 2. The van der Waals surface area contributed by atoms with Gasteiger partial charge in [-0.25, -0.2) is 0 Å². The van der Waals surface area contributed by atoms with Gasteiger partial charge in [0.1, 0.15) is 6.54 Å². The molecule has 0 spiro atoms. The average molecular weight is 313 g/mol. The molecule has 1 aromatic carbocycles. The summed E-state index contributed by atoms with van der Waals surface area (Å²) in [7, 11) is 1.47. The molecule has 21 heavy (non-hydrogen) atoms. The van der Waals surface area contributed by atoms with Crippen LogP contribution in [0.1, 0.15) is 17.3 Å². The summed E-state index contributed by atoms with van der Waals surface area (Å²) in [5.74, 6) is -1.26. The molecule has 0 saturated carbocycles. The Morgan fingerprint density at radius 3 is 2.43 bits per heavy atom.